The van der Waals surface area contributed by atoms with Crippen LogP contribution in [0.25, 0.3) is 0 Å². The summed E-state index contributed by atoms with van der Waals surface area (Å²) in [6.45, 7) is 7.54. The molecule has 2 unspecified atom stereocenters. The number of rotatable bonds is 5. The minimum absolute atomic E-state index is 0.526. The first-order valence-electron chi connectivity index (χ1n) is 6.61. The fourth-order valence-corrected chi connectivity index (χ4v) is 6.23. The Kier molecular flexibility index (Phi) is 5.86. The molecule has 1 saturated heterocycles. The Bertz CT molecular complexity index is 365. The summed E-state index contributed by atoms with van der Waals surface area (Å²) in [5, 5.41) is 8.36. The third-order valence-electron chi connectivity index (χ3n) is 2.96. The van der Waals surface area contributed by atoms with E-state index in [2.05, 4.69) is 55.0 Å². The van der Waals surface area contributed by atoms with E-state index in [1.807, 2.05) is 11.3 Å². The number of nitrogens with one attached hydrogen (secondary N) is 1. The maximum Gasteiger partial charge on any atom is 0.107 e. The highest BCUT2D eigenvalue weighted by atomic mass is 32.2. The lowest BCUT2D eigenvalue weighted by atomic mass is 10.2. The average molecular weight is 303 g/mol. The van der Waals surface area contributed by atoms with Gasteiger partial charge in [-0.1, -0.05) is 20.8 Å². The van der Waals surface area contributed by atoms with Crippen LogP contribution in [0.15, 0.2) is 5.38 Å². The largest absolute Gasteiger partial charge is 0.309 e. The van der Waals surface area contributed by atoms with Crippen LogP contribution in [-0.2, 0) is 6.54 Å². The smallest absolute Gasteiger partial charge is 0.107 e. The molecule has 0 spiro atoms. The molecule has 2 heterocycles. The molecular formula is C13H22N2S3. The van der Waals surface area contributed by atoms with Crippen LogP contribution in [0.3, 0.4) is 0 Å². The lowest BCUT2D eigenvalue weighted by molar-refractivity contribution is 0.582. The predicted molar refractivity (Wildman–Crippen MR) is 85.8 cm³/mol. The third kappa shape index (κ3) is 3.89. The molecule has 2 atom stereocenters. The first-order chi connectivity index (χ1) is 8.70. The molecule has 1 N–H and O–H groups in total. The number of aromatic nitrogens is 1. The molecule has 1 aliphatic rings. The van der Waals surface area contributed by atoms with Crippen LogP contribution >= 0.6 is 34.9 Å². The first kappa shape index (κ1) is 14.7. The maximum atomic E-state index is 4.83. The molecular weight excluding hydrogens is 280 g/mol. The van der Waals surface area contributed by atoms with E-state index < -0.39 is 0 Å². The Hall–Kier alpha value is 0.290. The van der Waals surface area contributed by atoms with Crippen molar-refractivity contribution in [3.05, 3.63) is 16.1 Å². The van der Waals surface area contributed by atoms with E-state index >= 15 is 0 Å². The zero-order valence-electron chi connectivity index (χ0n) is 11.3. The van der Waals surface area contributed by atoms with Gasteiger partial charge < -0.3 is 5.32 Å². The molecule has 2 nitrogen and oxygen atoms in total. The van der Waals surface area contributed by atoms with E-state index in [1.165, 1.54) is 28.6 Å². The highest BCUT2D eigenvalue weighted by Gasteiger charge is 2.28. The number of nitrogens with zero attached hydrogens (tertiary/aromatic N) is 1. The summed E-state index contributed by atoms with van der Waals surface area (Å²) in [6, 6.07) is 0.526. The zero-order valence-corrected chi connectivity index (χ0v) is 13.8. The molecule has 0 aliphatic carbocycles. The summed E-state index contributed by atoms with van der Waals surface area (Å²) in [7, 11) is 0. The van der Waals surface area contributed by atoms with Crippen LogP contribution < -0.4 is 5.32 Å². The van der Waals surface area contributed by atoms with Gasteiger partial charge in [-0.25, -0.2) is 4.98 Å². The molecule has 1 fully saturated rings. The van der Waals surface area contributed by atoms with Gasteiger partial charge in [0.1, 0.15) is 5.01 Å². The Balaban J connectivity index is 1.99. The van der Waals surface area contributed by atoms with Crippen molar-refractivity contribution in [3.63, 3.8) is 0 Å². The van der Waals surface area contributed by atoms with Crippen molar-refractivity contribution in [2.45, 2.75) is 50.3 Å². The van der Waals surface area contributed by atoms with Crippen molar-refractivity contribution in [2.75, 3.05) is 11.5 Å². The molecule has 18 heavy (non-hydrogen) atoms. The summed E-state index contributed by atoms with van der Waals surface area (Å²) < 4.78 is 0. The third-order valence-corrected chi connectivity index (χ3v) is 7.34. The Morgan fingerprint density at radius 3 is 2.89 bits per heavy atom. The topological polar surface area (TPSA) is 24.9 Å². The van der Waals surface area contributed by atoms with Gasteiger partial charge in [-0.3, -0.25) is 0 Å². The standard InChI is InChI=1S/C13H22N2S3/c1-4-11-12(17-6-5-16-11)13-15-10(8-18-13)7-14-9(2)3/h8-9,11-12,14H,4-7H2,1-3H3. The predicted octanol–water partition coefficient (Wildman–Crippen LogP) is 3.94. The molecule has 0 radical (unpaired) electrons. The van der Waals surface area contributed by atoms with Crippen LogP contribution in [0, 0.1) is 0 Å². The van der Waals surface area contributed by atoms with Crippen molar-refractivity contribution in [2.24, 2.45) is 0 Å². The fourth-order valence-electron chi connectivity index (χ4n) is 1.97. The summed E-state index contributed by atoms with van der Waals surface area (Å²) in [4.78, 5) is 4.83. The van der Waals surface area contributed by atoms with Crippen molar-refractivity contribution in [1.29, 1.82) is 0 Å². The van der Waals surface area contributed by atoms with Gasteiger partial charge >= 0.3 is 0 Å². The normalized spacial score (nSPS) is 24.7. The quantitative estimate of drug-likeness (QED) is 0.890. The van der Waals surface area contributed by atoms with Crippen LogP contribution in [0.4, 0.5) is 0 Å². The maximum absolute atomic E-state index is 4.83. The molecule has 102 valence electrons. The Labute approximate surface area is 123 Å². The van der Waals surface area contributed by atoms with Gasteiger partial charge in [0.2, 0.25) is 0 Å². The van der Waals surface area contributed by atoms with Gasteiger partial charge in [0.15, 0.2) is 0 Å². The number of thiazole rings is 1. The van der Waals surface area contributed by atoms with E-state index in [1.54, 1.807) is 0 Å². The molecule has 5 heteroatoms. The molecule has 2 rings (SSSR count). The number of thioether (sulfide) groups is 2. The number of hydrogen-bond donors (Lipinski definition) is 1. The van der Waals surface area contributed by atoms with Crippen LogP contribution in [-0.4, -0.2) is 27.8 Å². The van der Waals surface area contributed by atoms with Gasteiger partial charge in [-0.05, 0) is 6.42 Å². The summed E-state index contributed by atoms with van der Waals surface area (Å²) in [5.74, 6) is 2.57. The van der Waals surface area contributed by atoms with Crippen LogP contribution in [0.5, 0.6) is 0 Å². The summed E-state index contributed by atoms with van der Waals surface area (Å²) in [5.41, 5.74) is 1.20. The molecule has 0 saturated carbocycles. The Morgan fingerprint density at radius 1 is 1.39 bits per heavy atom. The fraction of sp³-hybridized carbons (Fsp3) is 0.769. The Morgan fingerprint density at radius 2 is 2.17 bits per heavy atom. The second-order valence-corrected chi connectivity index (χ2v) is 8.31. The molecule has 1 aliphatic heterocycles. The van der Waals surface area contributed by atoms with E-state index in [0.717, 1.165) is 11.8 Å². The van der Waals surface area contributed by atoms with Crippen LogP contribution in [0.1, 0.15) is 43.1 Å². The van der Waals surface area contributed by atoms with Crippen LogP contribution in [0.2, 0.25) is 0 Å². The van der Waals surface area contributed by atoms with Gasteiger partial charge in [0.25, 0.3) is 0 Å². The molecule has 0 bridgehead atoms. The van der Waals surface area contributed by atoms with Crippen molar-refractivity contribution >= 4 is 34.9 Å². The lowest BCUT2D eigenvalue weighted by Gasteiger charge is -2.28. The minimum atomic E-state index is 0.526. The van der Waals surface area contributed by atoms with E-state index in [-0.39, 0.29) is 0 Å². The van der Waals surface area contributed by atoms with Crippen molar-refractivity contribution < 1.29 is 0 Å². The summed E-state index contributed by atoms with van der Waals surface area (Å²) in [6.07, 6.45) is 1.25. The zero-order chi connectivity index (χ0) is 13.0. The average Bonchev–Trinajstić information content (AvgIpc) is 2.85. The molecule has 1 aromatic rings. The summed E-state index contributed by atoms with van der Waals surface area (Å²) >= 11 is 6.06. The van der Waals surface area contributed by atoms with E-state index in [9.17, 15) is 0 Å². The highest BCUT2D eigenvalue weighted by molar-refractivity contribution is 8.06. The number of hydrogen-bond acceptors (Lipinski definition) is 5. The lowest BCUT2D eigenvalue weighted by Crippen LogP contribution is -2.22. The second-order valence-electron chi connectivity index (χ2n) is 4.82. The monoisotopic (exact) mass is 302 g/mol. The molecule has 1 aromatic heterocycles. The van der Waals surface area contributed by atoms with Gasteiger partial charge in [0, 0.05) is 34.7 Å². The minimum Gasteiger partial charge on any atom is -0.309 e. The first-order valence-corrected chi connectivity index (χ1v) is 9.59. The second kappa shape index (κ2) is 7.17. The SMILES string of the molecule is CCC1SCCSC1c1nc(CNC(C)C)cs1. The van der Waals surface area contributed by atoms with Gasteiger partial charge in [-0.15, -0.1) is 23.1 Å². The van der Waals surface area contributed by atoms with Crippen molar-refractivity contribution in [3.8, 4) is 0 Å². The van der Waals surface area contributed by atoms with Gasteiger partial charge in [-0.2, -0.15) is 11.8 Å². The molecule has 0 amide bonds. The molecule has 0 aromatic carbocycles. The van der Waals surface area contributed by atoms with Gasteiger partial charge in [0.05, 0.1) is 10.9 Å². The van der Waals surface area contributed by atoms with E-state index in [0.29, 0.717) is 11.3 Å². The highest BCUT2D eigenvalue weighted by Crippen LogP contribution is 2.44. The van der Waals surface area contributed by atoms with E-state index in [4.69, 9.17) is 4.98 Å². The van der Waals surface area contributed by atoms with Crippen molar-refractivity contribution in [1.82, 2.24) is 10.3 Å².